The molecule has 0 saturated carbocycles. The van der Waals surface area contributed by atoms with Crippen molar-refractivity contribution in [2.45, 2.75) is 26.1 Å². The number of methoxy groups -OCH3 is 2. The molecule has 1 aromatic rings. The summed E-state index contributed by atoms with van der Waals surface area (Å²) in [6, 6.07) is 5.24. The van der Waals surface area contributed by atoms with Crippen molar-refractivity contribution in [3.63, 3.8) is 0 Å². The molecule has 0 N–H and O–H groups in total. The molecular formula is C15H21NO4. The smallest absolute Gasteiger partial charge is 0.257 e. The van der Waals surface area contributed by atoms with Crippen LogP contribution in [0.25, 0.3) is 0 Å². The van der Waals surface area contributed by atoms with Crippen LogP contribution in [-0.2, 0) is 4.74 Å². The molecule has 5 heteroatoms. The SMILES string of the molecule is COc1ccc(OC)c(C(=O)N2C[C@@H](C)O[C@@H](C)C2)c1. The van der Waals surface area contributed by atoms with Crippen LogP contribution in [-0.4, -0.2) is 50.3 Å². The van der Waals surface area contributed by atoms with Gasteiger partial charge in [0.25, 0.3) is 5.91 Å². The van der Waals surface area contributed by atoms with E-state index in [4.69, 9.17) is 14.2 Å². The molecule has 1 aromatic carbocycles. The third-order valence-corrected chi connectivity index (χ3v) is 3.34. The van der Waals surface area contributed by atoms with Crippen LogP contribution in [0.2, 0.25) is 0 Å². The van der Waals surface area contributed by atoms with Gasteiger partial charge < -0.3 is 19.1 Å². The maximum atomic E-state index is 12.7. The Morgan fingerprint density at radius 2 is 1.85 bits per heavy atom. The highest BCUT2D eigenvalue weighted by Crippen LogP contribution is 2.26. The molecule has 0 aliphatic carbocycles. The summed E-state index contributed by atoms with van der Waals surface area (Å²) in [7, 11) is 3.14. The average molecular weight is 279 g/mol. The van der Waals surface area contributed by atoms with Gasteiger partial charge in [0.1, 0.15) is 11.5 Å². The fourth-order valence-electron chi connectivity index (χ4n) is 2.50. The number of nitrogens with zero attached hydrogens (tertiary/aromatic N) is 1. The first-order valence-electron chi connectivity index (χ1n) is 6.72. The van der Waals surface area contributed by atoms with Crippen molar-refractivity contribution in [3.05, 3.63) is 23.8 Å². The van der Waals surface area contributed by atoms with Gasteiger partial charge in [-0.3, -0.25) is 4.79 Å². The number of ether oxygens (including phenoxy) is 3. The van der Waals surface area contributed by atoms with Crippen LogP contribution in [0.3, 0.4) is 0 Å². The molecule has 1 saturated heterocycles. The van der Waals surface area contributed by atoms with Crippen LogP contribution in [0.5, 0.6) is 11.5 Å². The Kier molecular flexibility index (Phi) is 4.49. The molecule has 0 bridgehead atoms. The fourth-order valence-corrected chi connectivity index (χ4v) is 2.50. The van der Waals surface area contributed by atoms with Crippen LogP contribution in [0.4, 0.5) is 0 Å². The van der Waals surface area contributed by atoms with Gasteiger partial charge in [-0.15, -0.1) is 0 Å². The molecule has 20 heavy (non-hydrogen) atoms. The van der Waals surface area contributed by atoms with E-state index in [1.165, 1.54) is 0 Å². The minimum absolute atomic E-state index is 0.0410. The molecule has 1 fully saturated rings. The predicted octanol–water partition coefficient (Wildman–Crippen LogP) is 1.95. The molecule has 2 rings (SSSR count). The third kappa shape index (κ3) is 3.04. The molecule has 5 nitrogen and oxygen atoms in total. The van der Waals surface area contributed by atoms with E-state index in [-0.39, 0.29) is 18.1 Å². The second-order valence-electron chi connectivity index (χ2n) is 5.03. The minimum atomic E-state index is -0.0530. The van der Waals surface area contributed by atoms with Gasteiger partial charge in [-0.05, 0) is 32.0 Å². The lowest BCUT2D eigenvalue weighted by Crippen LogP contribution is -2.48. The van der Waals surface area contributed by atoms with Gasteiger partial charge in [0.2, 0.25) is 0 Å². The van der Waals surface area contributed by atoms with Crippen LogP contribution in [0, 0.1) is 0 Å². The number of hydrogen-bond donors (Lipinski definition) is 0. The van der Waals surface area contributed by atoms with Gasteiger partial charge in [0.05, 0.1) is 32.0 Å². The maximum Gasteiger partial charge on any atom is 0.257 e. The second-order valence-corrected chi connectivity index (χ2v) is 5.03. The van der Waals surface area contributed by atoms with E-state index in [0.29, 0.717) is 30.2 Å². The van der Waals surface area contributed by atoms with Crippen molar-refractivity contribution in [1.29, 1.82) is 0 Å². The number of rotatable bonds is 3. The van der Waals surface area contributed by atoms with Crippen LogP contribution < -0.4 is 9.47 Å². The van der Waals surface area contributed by atoms with Crippen molar-refractivity contribution in [2.75, 3.05) is 27.3 Å². The normalized spacial score (nSPS) is 22.5. The van der Waals surface area contributed by atoms with Crippen molar-refractivity contribution in [2.24, 2.45) is 0 Å². The number of carbonyl (C=O) groups is 1. The summed E-state index contributed by atoms with van der Waals surface area (Å²) in [5.41, 5.74) is 0.521. The molecule has 110 valence electrons. The zero-order chi connectivity index (χ0) is 14.7. The summed E-state index contributed by atoms with van der Waals surface area (Å²) in [5, 5.41) is 0. The number of morpholine rings is 1. The van der Waals surface area contributed by atoms with E-state index >= 15 is 0 Å². The van der Waals surface area contributed by atoms with E-state index < -0.39 is 0 Å². The van der Waals surface area contributed by atoms with E-state index in [2.05, 4.69) is 0 Å². The molecule has 1 aliphatic heterocycles. The molecule has 0 unspecified atom stereocenters. The maximum absolute atomic E-state index is 12.7. The lowest BCUT2D eigenvalue weighted by atomic mass is 10.1. The Hall–Kier alpha value is -1.75. The van der Waals surface area contributed by atoms with E-state index in [0.717, 1.165) is 0 Å². The number of benzene rings is 1. The van der Waals surface area contributed by atoms with Gasteiger partial charge in [0.15, 0.2) is 0 Å². The van der Waals surface area contributed by atoms with Gasteiger partial charge in [-0.1, -0.05) is 0 Å². The lowest BCUT2D eigenvalue weighted by Gasteiger charge is -2.35. The second kappa shape index (κ2) is 6.13. The summed E-state index contributed by atoms with van der Waals surface area (Å²) in [4.78, 5) is 14.5. The lowest BCUT2D eigenvalue weighted by molar-refractivity contribution is -0.0586. The van der Waals surface area contributed by atoms with Crippen molar-refractivity contribution in [1.82, 2.24) is 4.90 Å². The highest BCUT2D eigenvalue weighted by molar-refractivity contribution is 5.97. The van der Waals surface area contributed by atoms with E-state index in [1.807, 2.05) is 13.8 Å². The molecule has 2 atom stereocenters. The first-order valence-corrected chi connectivity index (χ1v) is 6.72. The Labute approximate surface area is 119 Å². The first kappa shape index (κ1) is 14.7. The summed E-state index contributed by atoms with van der Waals surface area (Å²) in [5.74, 6) is 1.15. The van der Waals surface area contributed by atoms with E-state index in [9.17, 15) is 4.79 Å². The largest absolute Gasteiger partial charge is 0.497 e. The van der Waals surface area contributed by atoms with Crippen LogP contribution in [0.15, 0.2) is 18.2 Å². The Morgan fingerprint density at radius 3 is 2.40 bits per heavy atom. The van der Waals surface area contributed by atoms with Crippen molar-refractivity contribution >= 4 is 5.91 Å². The molecule has 1 heterocycles. The van der Waals surface area contributed by atoms with E-state index in [1.54, 1.807) is 37.3 Å². The van der Waals surface area contributed by atoms with Gasteiger partial charge in [-0.25, -0.2) is 0 Å². The van der Waals surface area contributed by atoms with Crippen LogP contribution in [0.1, 0.15) is 24.2 Å². The molecule has 1 aliphatic rings. The standard InChI is InChI=1S/C15H21NO4/c1-10-8-16(9-11(2)20-10)15(17)13-7-12(18-3)5-6-14(13)19-4/h5-7,10-11H,8-9H2,1-4H3/t10-,11+. The van der Waals surface area contributed by atoms with Gasteiger partial charge >= 0.3 is 0 Å². The molecule has 1 amide bonds. The van der Waals surface area contributed by atoms with Crippen molar-refractivity contribution < 1.29 is 19.0 Å². The quantitative estimate of drug-likeness (QED) is 0.848. The third-order valence-electron chi connectivity index (χ3n) is 3.34. The summed E-state index contributed by atoms with van der Waals surface area (Å²) in [6.45, 7) is 5.12. The highest BCUT2D eigenvalue weighted by Gasteiger charge is 2.28. The zero-order valence-electron chi connectivity index (χ0n) is 12.4. The van der Waals surface area contributed by atoms with Crippen LogP contribution >= 0.6 is 0 Å². The summed E-state index contributed by atoms with van der Waals surface area (Å²) in [6.07, 6.45) is 0.0820. The summed E-state index contributed by atoms with van der Waals surface area (Å²) >= 11 is 0. The fraction of sp³-hybridized carbons (Fsp3) is 0.533. The average Bonchev–Trinajstić information content (AvgIpc) is 2.44. The highest BCUT2D eigenvalue weighted by atomic mass is 16.5. The van der Waals surface area contributed by atoms with Crippen molar-refractivity contribution in [3.8, 4) is 11.5 Å². The Bertz CT molecular complexity index is 479. The minimum Gasteiger partial charge on any atom is -0.497 e. The monoisotopic (exact) mass is 279 g/mol. The molecule has 0 aromatic heterocycles. The topological polar surface area (TPSA) is 48.0 Å². The number of carbonyl (C=O) groups excluding carboxylic acids is 1. The number of amides is 1. The predicted molar refractivity (Wildman–Crippen MR) is 75.5 cm³/mol. The zero-order valence-corrected chi connectivity index (χ0v) is 12.4. The number of hydrogen-bond acceptors (Lipinski definition) is 4. The Balaban J connectivity index is 2.27. The van der Waals surface area contributed by atoms with Gasteiger partial charge in [0, 0.05) is 13.1 Å². The Morgan fingerprint density at radius 1 is 1.20 bits per heavy atom. The first-order chi connectivity index (χ1) is 9.55. The molecular weight excluding hydrogens is 258 g/mol. The van der Waals surface area contributed by atoms with Gasteiger partial charge in [-0.2, -0.15) is 0 Å². The molecule has 0 spiro atoms. The summed E-state index contributed by atoms with van der Waals surface area (Å²) < 4.78 is 16.1. The molecule has 0 radical (unpaired) electrons.